The molecule has 8 nitrogen and oxygen atoms in total. The van der Waals surface area contributed by atoms with Gasteiger partial charge in [0, 0.05) is 44.7 Å². The first-order valence-corrected chi connectivity index (χ1v) is 9.85. The predicted octanol–water partition coefficient (Wildman–Crippen LogP) is 1.09. The van der Waals surface area contributed by atoms with E-state index in [2.05, 4.69) is 25.2 Å². The summed E-state index contributed by atoms with van der Waals surface area (Å²) in [7, 11) is 0. The summed E-state index contributed by atoms with van der Waals surface area (Å²) in [4.78, 5) is 27.2. The molecule has 144 valence electrons. The molecule has 0 aliphatic carbocycles. The molecule has 3 saturated heterocycles. The number of ether oxygens (including phenoxy) is 2. The van der Waals surface area contributed by atoms with Crippen LogP contribution in [-0.2, 0) is 14.3 Å². The normalized spacial score (nSPS) is 29.0. The van der Waals surface area contributed by atoms with E-state index < -0.39 is 0 Å². The molecule has 2 N–H and O–H groups in total. The van der Waals surface area contributed by atoms with E-state index in [4.69, 9.17) is 9.47 Å². The minimum Gasteiger partial charge on any atom is -0.462 e. The number of rotatable bonds is 3. The molecule has 2 aromatic rings. The Morgan fingerprint density at radius 1 is 1.22 bits per heavy atom. The zero-order valence-electron chi connectivity index (χ0n) is 15.3. The Hall–Kier alpha value is -2.19. The van der Waals surface area contributed by atoms with Crippen LogP contribution in [0.5, 0.6) is 0 Å². The van der Waals surface area contributed by atoms with E-state index in [0.717, 1.165) is 49.2 Å². The third kappa shape index (κ3) is 3.06. The lowest BCUT2D eigenvalue weighted by atomic mass is 9.83. The maximum atomic E-state index is 12.9. The number of nitrogens with zero attached hydrogens (tertiary/aromatic N) is 3. The number of H-pyrrole nitrogens is 1. The minimum atomic E-state index is -0.0971. The Bertz CT molecular complexity index is 819. The lowest BCUT2D eigenvalue weighted by Gasteiger charge is -2.37. The van der Waals surface area contributed by atoms with Crippen molar-refractivity contribution in [2.75, 3.05) is 37.7 Å². The van der Waals surface area contributed by atoms with Crippen LogP contribution in [0.25, 0.3) is 11.0 Å². The van der Waals surface area contributed by atoms with Gasteiger partial charge in [0.05, 0.1) is 24.5 Å². The quantitative estimate of drug-likeness (QED) is 0.781. The number of carbonyl (C=O) groups is 1. The van der Waals surface area contributed by atoms with Crippen molar-refractivity contribution in [2.24, 2.45) is 11.8 Å². The third-order valence-corrected chi connectivity index (χ3v) is 6.19. The highest BCUT2D eigenvalue weighted by Gasteiger charge is 2.46. The second-order valence-corrected chi connectivity index (χ2v) is 7.66. The molecule has 2 aromatic heterocycles. The van der Waals surface area contributed by atoms with Gasteiger partial charge in [-0.3, -0.25) is 4.79 Å². The fourth-order valence-corrected chi connectivity index (χ4v) is 4.80. The van der Waals surface area contributed by atoms with Crippen LogP contribution in [-0.4, -0.2) is 65.9 Å². The third-order valence-electron chi connectivity index (χ3n) is 6.19. The van der Waals surface area contributed by atoms with Crippen molar-refractivity contribution in [3.05, 3.63) is 18.6 Å². The van der Waals surface area contributed by atoms with Crippen molar-refractivity contribution in [1.82, 2.24) is 20.3 Å². The van der Waals surface area contributed by atoms with Crippen LogP contribution in [0, 0.1) is 11.8 Å². The summed E-state index contributed by atoms with van der Waals surface area (Å²) in [6.45, 7) is 3.82. The largest absolute Gasteiger partial charge is 0.462 e. The summed E-state index contributed by atoms with van der Waals surface area (Å²) in [5.41, 5.74) is 0.850. The molecule has 0 aromatic carbocycles. The Morgan fingerprint density at radius 3 is 3.00 bits per heavy atom. The van der Waals surface area contributed by atoms with Gasteiger partial charge in [-0.25, -0.2) is 9.97 Å². The summed E-state index contributed by atoms with van der Waals surface area (Å²) in [6.07, 6.45) is 6.09. The minimum absolute atomic E-state index is 0.00507. The van der Waals surface area contributed by atoms with E-state index >= 15 is 0 Å². The first kappa shape index (κ1) is 16.9. The fraction of sp³-hybridized carbons (Fsp3) is 0.632. The van der Waals surface area contributed by atoms with Gasteiger partial charge in [0.2, 0.25) is 0 Å². The molecule has 3 aliphatic rings. The van der Waals surface area contributed by atoms with Crippen LogP contribution >= 0.6 is 0 Å². The zero-order valence-corrected chi connectivity index (χ0v) is 15.3. The number of fused-ring (bicyclic) bond motifs is 2. The number of anilines is 1. The van der Waals surface area contributed by atoms with Crippen LogP contribution in [0.4, 0.5) is 5.82 Å². The first-order valence-electron chi connectivity index (χ1n) is 9.85. The average molecular weight is 371 g/mol. The van der Waals surface area contributed by atoms with Crippen molar-refractivity contribution < 1.29 is 14.3 Å². The SMILES string of the molecule is O=C(OC1CCOCC1)C1CNCC2C1CCN2c1ncnc2[nH]ccc12. The number of hydrogen-bond acceptors (Lipinski definition) is 7. The standard InChI is InChI=1S/C19H25N5O3/c25-19(27-12-3-7-26-8-4-12)15-9-20-10-16-13(15)2-6-24(16)18-14-1-5-21-17(14)22-11-23-18/h1,5,11-13,15-16,20H,2-4,6-10H2,(H,21,22,23). The summed E-state index contributed by atoms with van der Waals surface area (Å²) in [5, 5.41) is 4.48. The second kappa shape index (κ2) is 7.09. The van der Waals surface area contributed by atoms with Crippen molar-refractivity contribution in [2.45, 2.75) is 31.4 Å². The summed E-state index contributed by atoms with van der Waals surface area (Å²) in [5.74, 6) is 1.09. The molecule has 27 heavy (non-hydrogen) atoms. The number of piperidine rings is 1. The number of hydrogen-bond donors (Lipinski definition) is 2. The van der Waals surface area contributed by atoms with Crippen LogP contribution < -0.4 is 10.2 Å². The van der Waals surface area contributed by atoms with Crippen molar-refractivity contribution in [3.8, 4) is 0 Å². The van der Waals surface area contributed by atoms with Crippen LogP contribution in [0.15, 0.2) is 18.6 Å². The summed E-state index contributed by atoms with van der Waals surface area (Å²) in [6, 6.07) is 2.27. The van der Waals surface area contributed by atoms with Gasteiger partial charge in [-0.15, -0.1) is 0 Å². The molecular weight excluding hydrogens is 346 g/mol. The molecule has 5 rings (SSSR count). The maximum absolute atomic E-state index is 12.9. The number of nitrogens with one attached hydrogen (secondary N) is 2. The highest BCUT2D eigenvalue weighted by molar-refractivity contribution is 5.87. The van der Waals surface area contributed by atoms with Gasteiger partial charge in [0.15, 0.2) is 0 Å². The van der Waals surface area contributed by atoms with Gasteiger partial charge in [-0.2, -0.15) is 0 Å². The van der Waals surface area contributed by atoms with Crippen LogP contribution in [0.3, 0.4) is 0 Å². The number of aromatic nitrogens is 3. The lowest BCUT2D eigenvalue weighted by molar-refractivity contribution is -0.160. The lowest BCUT2D eigenvalue weighted by Crippen LogP contribution is -2.53. The van der Waals surface area contributed by atoms with Gasteiger partial charge < -0.3 is 24.7 Å². The summed E-state index contributed by atoms with van der Waals surface area (Å²) < 4.78 is 11.2. The van der Waals surface area contributed by atoms with Gasteiger partial charge in [0.25, 0.3) is 0 Å². The van der Waals surface area contributed by atoms with Gasteiger partial charge in [-0.1, -0.05) is 0 Å². The molecule has 0 amide bonds. The second-order valence-electron chi connectivity index (χ2n) is 7.66. The van der Waals surface area contributed by atoms with Gasteiger partial charge >= 0.3 is 5.97 Å². The number of carbonyl (C=O) groups excluding carboxylic acids is 1. The summed E-state index contributed by atoms with van der Waals surface area (Å²) >= 11 is 0. The predicted molar refractivity (Wildman–Crippen MR) is 99.4 cm³/mol. The van der Waals surface area contributed by atoms with E-state index in [-0.39, 0.29) is 24.0 Å². The molecule has 0 bridgehead atoms. The molecule has 3 aliphatic heterocycles. The topological polar surface area (TPSA) is 92.4 Å². The van der Waals surface area contributed by atoms with Crippen LogP contribution in [0.1, 0.15) is 19.3 Å². The van der Waals surface area contributed by atoms with Gasteiger partial charge in [0.1, 0.15) is 23.9 Å². The molecule has 3 atom stereocenters. The zero-order chi connectivity index (χ0) is 18.2. The monoisotopic (exact) mass is 371 g/mol. The van der Waals surface area contributed by atoms with E-state index in [0.29, 0.717) is 25.7 Å². The van der Waals surface area contributed by atoms with E-state index in [1.165, 1.54) is 0 Å². The number of aromatic amines is 1. The smallest absolute Gasteiger partial charge is 0.310 e. The molecule has 0 saturated carbocycles. The fourth-order valence-electron chi connectivity index (χ4n) is 4.80. The highest BCUT2D eigenvalue weighted by Crippen LogP contribution is 2.38. The Morgan fingerprint density at radius 2 is 2.11 bits per heavy atom. The van der Waals surface area contributed by atoms with Crippen LogP contribution in [0.2, 0.25) is 0 Å². The molecule has 5 heterocycles. The molecule has 3 unspecified atom stereocenters. The maximum Gasteiger partial charge on any atom is 0.310 e. The molecule has 3 fully saturated rings. The van der Waals surface area contributed by atoms with E-state index in [1.807, 2.05) is 12.3 Å². The Kier molecular flexibility index (Phi) is 4.45. The first-order chi connectivity index (χ1) is 13.3. The molecule has 0 radical (unpaired) electrons. The molecular formula is C19H25N5O3. The number of esters is 1. The van der Waals surface area contributed by atoms with Crippen molar-refractivity contribution >= 4 is 22.8 Å². The highest BCUT2D eigenvalue weighted by atomic mass is 16.6. The van der Waals surface area contributed by atoms with E-state index in [1.54, 1.807) is 6.33 Å². The Labute approximate surface area is 157 Å². The average Bonchev–Trinajstić information content (AvgIpc) is 3.35. The molecule has 8 heteroatoms. The Balaban J connectivity index is 1.34. The van der Waals surface area contributed by atoms with Crippen molar-refractivity contribution in [1.29, 1.82) is 0 Å². The van der Waals surface area contributed by atoms with Crippen molar-refractivity contribution in [3.63, 3.8) is 0 Å². The van der Waals surface area contributed by atoms with E-state index in [9.17, 15) is 4.79 Å². The van der Waals surface area contributed by atoms with Gasteiger partial charge in [-0.05, 0) is 18.4 Å². The molecule has 0 spiro atoms.